The summed E-state index contributed by atoms with van der Waals surface area (Å²) in [5, 5.41) is 1.78. The number of cyclic esters (lactones) is 1. The van der Waals surface area contributed by atoms with Gasteiger partial charge in [0, 0.05) is 6.42 Å². The Morgan fingerprint density at radius 1 is 1.04 bits per heavy atom. The van der Waals surface area contributed by atoms with Gasteiger partial charge < -0.3 is 23.7 Å². The summed E-state index contributed by atoms with van der Waals surface area (Å²) < 4.78 is 29.7. The number of benzene rings is 2. The van der Waals surface area contributed by atoms with Gasteiger partial charge in [-0.15, -0.1) is 0 Å². The fourth-order valence-corrected chi connectivity index (χ4v) is 5.24. The highest BCUT2D eigenvalue weighted by Gasteiger charge is 3.00. The highest BCUT2D eigenvalue weighted by Crippen LogP contribution is 2.70. The zero-order valence-electron chi connectivity index (χ0n) is 14.3. The summed E-state index contributed by atoms with van der Waals surface area (Å²) in [6.45, 7) is 1.75. The van der Waals surface area contributed by atoms with Crippen LogP contribution < -0.4 is 9.47 Å². The summed E-state index contributed by atoms with van der Waals surface area (Å²) in [5.41, 5.74) is -2.95. The van der Waals surface area contributed by atoms with Gasteiger partial charge in [0.2, 0.25) is 0 Å². The maximum Gasteiger partial charge on any atom is 0.350 e. The predicted octanol–water partition coefficient (Wildman–Crippen LogP) is 1.50. The third-order valence-electron chi connectivity index (χ3n) is 6.39. The summed E-state index contributed by atoms with van der Waals surface area (Å²) in [5.74, 6) is -1.28. The number of esters is 1. The minimum Gasteiger partial charge on any atom is -0.460 e. The van der Waals surface area contributed by atoms with Crippen molar-refractivity contribution in [3.63, 3.8) is 0 Å². The van der Waals surface area contributed by atoms with E-state index in [1.165, 1.54) is 0 Å². The Balaban J connectivity index is 1.48. The molecule has 136 valence electrons. The van der Waals surface area contributed by atoms with Crippen molar-refractivity contribution in [2.75, 3.05) is 0 Å². The molecule has 1 aliphatic carbocycles. The molecule has 4 aliphatic heterocycles. The Labute approximate surface area is 153 Å². The number of ketones is 1. The summed E-state index contributed by atoms with van der Waals surface area (Å²) in [4.78, 5) is 26.0. The summed E-state index contributed by atoms with van der Waals surface area (Å²) in [7, 11) is 0. The lowest BCUT2D eigenvalue weighted by Gasteiger charge is -2.44. The molecule has 27 heavy (non-hydrogen) atoms. The number of rotatable bonds is 0. The second kappa shape index (κ2) is 3.95. The largest absolute Gasteiger partial charge is 0.460 e. The van der Waals surface area contributed by atoms with E-state index in [2.05, 4.69) is 0 Å². The van der Waals surface area contributed by atoms with E-state index in [0.717, 1.165) is 10.8 Å². The smallest absolute Gasteiger partial charge is 0.350 e. The third-order valence-corrected chi connectivity index (χ3v) is 6.39. The van der Waals surface area contributed by atoms with Gasteiger partial charge in [0.05, 0.1) is 5.39 Å². The van der Waals surface area contributed by atoms with Crippen molar-refractivity contribution < 1.29 is 33.3 Å². The van der Waals surface area contributed by atoms with Crippen LogP contribution >= 0.6 is 0 Å². The molecule has 7 nitrogen and oxygen atoms in total. The zero-order valence-corrected chi connectivity index (χ0v) is 14.3. The minimum absolute atomic E-state index is 0.217. The Bertz CT molecular complexity index is 1050. The molecule has 5 atom stereocenters. The summed E-state index contributed by atoms with van der Waals surface area (Å²) >= 11 is 0. The van der Waals surface area contributed by atoms with E-state index in [9.17, 15) is 9.59 Å². The SMILES string of the molecule is CC1CC23OC2(C(=O)O1)C1(Oc2cccc4cccc(c24)O1)C1OC1C3=O. The van der Waals surface area contributed by atoms with E-state index < -0.39 is 41.3 Å². The molecule has 1 saturated carbocycles. The topological polar surface area (TPSA) is 86.9 Å². The quantitative estimate of drug-likeness (QED) is 0.516. The fraction of sp³-hybridized carbons (Fsp3) is 0.400. The van der Waals surface area contributed by atoms with Gasteiger partial charge in [0.25, 0.3) is 5.60 Å². The second-order valence-corrected chi connectivity index (χ2v) is 7.85. The van der Waals surface area contributed by atoms with E-state index in [-0.39, 0.29) is 12.2 Å². The second-order valence-electron chi connectivity index (χ2n) is 7.85. The van der Waals surface area contributed by atoms with Gasteiger partial charge in [-0.3, -0.25) is 4.79 Å². The number of ether oxygens (including phenoxy) is 5. The van der Waals surface area contributed by atoms with Crippen molar-refractivity contribution in [3.8, 4) is 11.5 Å². The first-order chi connectivity index (χ1) is 13.0. The fourth-order valence-electron chi connectivity index (χ4n) is 5.24. The van der Waals surface area contributed by atoms with Gasteiger partial charge in [-0.2, -0.15) is 0 Å². The van der Waals surface area contributed by atoms with Crippen LogP contribution in [0.25, 0.3) is 10.8 Å². The highest BCUT2D eigenvalue weighted by atomic mass is 16.8. The maximum atomic E-state index is 13.0. The molecule has 3 saturated heterocycles. The molecule has 0 amide bonds. The van der Waals surface area contributed by atoms with Crippen LogP contribution in [0.2, 0.25) is 0 Å². The van der Waals surface area contributed by atoms with Crippen LogP contribution in [0, 0.1) is 0 Å². The van der Waals surface area contributed by atoms with Crippen molar-refractivity contribution in [1.29, 1.82) is 0 Å². The molecule has 0 N–H and O–H groups in total. The molecule has 0 bridgehead atoms. The van der Waals surface area contributed by atoms with Crippen LogP contribution in [0.4, 0.5) is 0 Å². The molecule has 4 fully saturated rings. The lowest BCUT2D eigenvalue weighted by Crippen LogP contribution is -2.72. The molecule has 2 aromatic carbocycles. The molecule has 0 radical (unpaired) electrons. The standard InChI is InChI=1S/C20H14O7/c1-9-8-18-15(21)14-16(24-14)20(19(18,27-18)17(22)23-9)25-11-6-2-4-10-5-3-7-12(26-20)13(10)11/h2-7,9,14,16H,8H2,1H3. The van der Waals surface area contributed by atoms with Crippen LogP contribution in [-0.4, -0.2) is 47.1 Å². The number of hydrogen-bond donors (Lipinski definition) is 0. The number of epoxide rings is 2. The van der Waals surface area contributed by atoms with Crippen molar-refractivity contribution >= 4 is 22.5 Å². The van der Waals surface area contributed by atoms with Gasteiger partial charge in [-0.05, 0) is 24.4 Å². The molecule has 2 aromatic rings. The van der Waals surface area contributed by atoms with E-state index in [1.54, 1.807) is 6.92 Å². The predicted molar refractivity (Wildman–Crippen MR) is 88.3 cm³/mol. The third kappa shape index (κ3) is 1.31. The van der Waals surface area contributed by atoms with Crippen LogP contribution in [0.1, 0.15) is 13.3 Å². The maximum absolute atomic E-state index is 13.0. The molecule has 1 spiro atoms. The minimum atomic E-state index is -1.64. The van der Waals surface area contributed by atoms with Gasteiger partial charge in [0.1, 0.15) is 17.6 Å². The zero-order chi connectivity index (χ0) is 18.2. The average molecular weight is 366 g/mol. The molecule has 5 unspecified atom stereocenters. The molecule has 7 rings (SSSR count). The summed E-state index contributed by atoms with van der Waals surface area (Å²) in [6.07, 6.45) is -1.57. The molecule has 4 heterocycles. The molecule has 7 heteroatoms. The first-order valence-corrected chi connectivity index (χ1v) is 9.03. The Morgan fingerprint density at radius 3 is 2.44 bits per heavy atom. The van der Waals surface area contributed by atoms with Crippen LogP contribution in [0.15, 0.2) is 36.4 Å². The van der Waals surface area contributed by atoms with Crippen molar-refractivity contribution in [2.45, 2.75) is 48.6 Å². The van der Waals surface area contributed by atoms with Crippen molar-refractivity contribution in [1.82, 2.24) is 0 Å². The van der Waals surface area contributed by atoms with E-state index in [0.29, 0.717) is 11.5 Å². The first kappa shape index (κ1) is 14.4. The normalized spacial score (nSPS) is 41.6. The molecular weight excluding hydrogens is 352 g/mol. The Morgan fingerprint density at radius 2 is 1.74 bits per heavy atom. The average Bonchev–Trinajstić information content (AvgIpc) is 3.54. The lowest BCUT2D eigenvalue weighted by molar-refractivity contribution is -0.211. The van der Waals surface area contributed by atoms with Crippen molar-refractivity contribution in [2.24, 2.45) is 0 Å². The Kier molecular flexibility index (Phi) is 2.11. The van der Waals surface area contributed by atoms with Gasteiger partial charge in [-0.25, -0.2) is 4.79 Å². The van der Waals surface area contributed by atoms with Crippen molar-refractivity contribution in [3.05, 3.63) is 36.4 Å². The van der Waals surface area contributed by atoms with Crippen LogP contribution in [0.5, 0.6) is 11.5 Å². The molecule has 0 aromatic heterocycles. The van der Waals surface area contributed by atoms with E-state index in [4.69, 9.17) is 23.7 Å². The number of hydrogen-bond acceptors (Lipinski definition) is 7. The number of carbonyl (C=O) groups is 2. The number of carbonyl (C=O) groups excluding carboxylic acids is 2. The van der Waals surface area contributed by atoms with Gasteiger partial charge >= 0.3 is 11.8 Å². The first-order valence-electron chi connectivity index (χ1n) is 9.03. The highest BCUT2D eigenvalue weighted by molar-refractivity contribution is 6.09. The number of Topliss-reactive ketones (excluding diaryl/α,β-unsaturated/α-hetero) is 1. The Hall–Kier alpha value is -2.64. The molecular formula is C20H14O7. The monoisotopic (exact) mass is 366 g/mol. The number of fused-ring (bicyclic) bond motifs is 2. The summed E-state index contributed by atoms with van der Waals surface area (Å²) in [6, 6.07) is 11.3. The van der Waals surface area contributed by atoms with Gasteiger partial charge in [-0.1, -0.05) is 24.3 Å². The molecule has 5 aliphatic rings. The van der Waals surface area contributed by atoms with E-state index in [1.807, 2.05) is 36.4 Å². The van der Waals surface area contributed by atoms with Crippen LogP contribution in [-0.2, 0) is 23.8 Å². The lowest BCUT2D eigenvalue weighted by atomic mass is 9.70. The van der Waals surface area contributed by atoms with E-state index >= 15 is 0 Å². The van der Waals surface area contributed by atoms with Crippen LogP contribution in [0.3, 0.4) is 0 Å². The van der Waals surface area contributed by atoms with Gasteiger partial charge in [0.15, 0.2) is 23.6 Å².